The Balaban J connectivity index is 1.80. The number of carbonyl (C=O) groups is 1. The molecule has 26 heavy (non-hydrogen) atoms. The van der Waals surface area contributed by atoms with Crippen LogP contribution in [0.2, 0.25) is 5.02 Å². The number of piperazine rings is 1. The molecular formula is C21H24ClN3O. The lowest BCUT2D eigenvalue weighted by Crippen LogP contribution is -2.55. The fourth-order valence-corrected chi connectivity index (χ4v) is 4.52. The Bertz CT molecular complexity index is 838. The molecule has 4 nitrogen and oxygen atoms in total. The normalized spacial score (nSPS) is 23.8. The highest BCUT2D eigenvalue weighted by molar-refractivity contribution is 6.30. The van der Waals surface area contributed by atoms with Crippen molar-refractivity contribution in [2.24, 2.45) is 0 Å². The first kappa shape index (κ1) is 17.7. The SMILES string of the molecule is CC(=O)[C@H]1CN([C@@H]2c3ccc(Cl)cc3CCc3cccnc32)CCN1C. The van der Waals surface area contributed by atoms with Crippen LogP contribution < -0.4 is 0 Å². The summed E-state index contributed by atoms with van der Waals surface area (Å²) in [4.78, 5) is 21.5. The highest BCUT2D eigenvalue weighted by atomic mass is 35.5. The fraction of sp³-hybridized carbons (Fsp3) is 0.429. The predicted octanol–water partition coefficient (Wildman–Crippen LogP) is 3.13. The lowest BCUT2D eigenvalue weighted by molar-refractivity contribution is -0.124. The van der Waals surface area contributed by atoms with E-state index in [0.29, 0.717) is 0 Å². The van der Waals surface area contributed by atoms with Crippen molar-refractivity contribution in [1.29, 1.82) is 0 Å². The molecule has 136 valence electrons. The highest BCUT2D eigenvalue weighted by Crippen LogP contribution is 2.37. The van der Waals surface area contributed by atoms with Crippen molar-refractivity contribution in [1.82, 2.24) is 14.8 Å². The topological polar surface area (TPSA) is 36.4 Å². The average Bonchev–Trinajstić information content (AvgIpc) is 2.79. The Kier molecular flexibility index (Phi) is 4.82. The molecule has 5 heteroatoms. The number of likely N-dealkylation sites (N-methyl/N-ethyl adjacent to an activating group) is 1. The van der Waals surface area contributed by atoms with Gasteiger partial charge in [0.25, 0.3) is 0 Å². The number of Topliss-reactive ketones (excluding diaryl/α,β-unsaturated/α-hetero) is 1. The van der Waals surface area contributed by atoms with Gasteiger partial charge in [-0.2, -0.15) is 0 Å². The van der Waals surface area contributed by atoms with Crippen LogP contribution in [0.3, 0.4) is 0 Å². The molecule has 4 rings (SSSR count). The Morgan fingerprint density at radius 3 is 2.81 bits per heavy atom. The third-order valence-electron chi connectivity index (χ3n) is 5.76. The quantitative estimate of drug-likeness (QED) is 0.815. The summed E-state index contributed by atoms with van der Waals surface area (Å²) in [5.41, 5.74) is 4.99. The molecule has 1 aliphatic heterocycles. The Hall–Kier alpha value is -1.75. The maximum Gasteiger partial charge on any atom is 0.148 e. The second kappa shape index (κ2) is 7.10. The maximum absolute atomic E-state index is 12.1. The van der Waals surface area contributed by atoms with E-state index in [4.69, 9.17) is 16.6 Å². The van der Waals surface area contributed by atoms with Crippen molar-refractivity contribution >= 4 is 17.4 Å². The molecule has 0 bridgehead atoms. The summed E-state index contributed by atoms with van der Waals surface area (Å²) in [5.74, 6) is 0.225. The first-order valence-corrected chi connectivity index (χ1v) is 9.59. The monoisotopic (exact) mass is 369 g/mol. The largest absolute Gasteiger partial charge is 0.298 e. The van der Waals surface area contributed by atoms with Crippen LogP contribution in [0.15, 0.2) is 36.5 Å². The van der Waals surface area contributed by atoms with Gasteiger partial charge in [0.2, 0.25) is 0 Å². The van der Waals surface area contributed by atoms with Crippen molar-refractivity contribution in [2.75, 3.05) is 26.7 Å². The minimum atomic E-state index is -0.0603. The molecule has 2 atom stereocenters. The Morgan fingerprint density at radius 1 is 1.19 bits per heavy atom. The number of hydrogen-bond donors (Lipinski definition) is 0. The van der Waals surface area contributed by atoms with Crippen molar-refractivity contribution < 1.29 is 4.79 Å². The molecule has 1 saturated heterocycles. The van der Waals surface area contributed by atoms with Crippen molar-refractivity contribution in [3.63, 3.8) is 0 Å². The number of aromatic nitrogens is 1. The molecule has 0 unspecified atom stereocenters. The van der Waals surface area contributed by atoms with Gasteiger partial charge in [0.05, 0.1) is 17.8 Å². The molecule has 1 fully saturated rings. The molecule has 2 aliphatic rings. The van der Waals surface area contributed by atoms with E-state index in [9.17, 15) is 4.79 Å². The van der Waals surface area contributed by atoms with Gasteiger partial charge < -0.3 is 0 Å². The van der Waals surface area contributed by atoms with Gasteiger partial charge in [-0.25, -0.2) is 0 Å². The van der Waals surface area contributed by atoms with E-state index in [1.165, 1.54) is 16.7 Å². The van der Waals surface area contributed by atoms with Gasteiger partial charge in [0, 0.05) is 30.9 Å². The number of ketones is 1. The molecule has 1 aromatic heterocycles. The zero-order valence-electron chi connectivity index (χ0n) is 15.3. The van der Waals surface area contributed by atoms with Crippen LogP contribution in [-0.4, -0.2) is 53.3 Å². The number of hydrogen-bond acceptors (Lipinski definition) is 4. The zero-order chi connectivity index (χ0) is 18.3. The number of rotatable bonds is 2. The van der Waals surface area contributed by atoms with Crippen LogP contribution in [0, 0.1) is 0 Å². The van der Waals surface area contributed by atoms with E-state index in [2.05, 4.69) is 28.0 Å². The fourth-order valence-electron chi connectivity index (χ4n) is 4.32. The van der Waals surface area contributed by atoms with Crippen LogP contribution in [0.25, 0.3) is 0 Å². The van der Waals surface area contributed by atoms with Crippen molar-refractivity contribution in [3.05, 3.63) is 63.9 Å². The van der Waals surface area contributed by atoms with Crippen molar-refractivity contribution in [3.8, 4) is 0 Å². The number of nitrogens with zero attached hydrogens (tertiary/aromatic N) is 3. The Morgan fingerprint density at radius 2 is 2.00 bits per heavy atom. The summed E-state index contributed by atoms with van der Waals surface area (Å²) >= 11 is 6.28. The summed E-state index contributed by atoms with van der Waals surface area (Å²) in [5, 5.41) is 0.779. The van der Waals surface area contributed by atoms with Crippen LogP contribution >= 0.6 is 11.6 Å². The van der Waals surface area contributed by atoms with Crippen LogP contribution in [0.5, 0.6) is 0 Å². The van der Waals surface area contributed by atoms with E-state index < -0.39 is 0 Å². The minimum absolute atomic E-state index is 0.0603. The molecule has 2 heterocycles. The molecule has 0 saturated carbocycles. The third-order valence-corrected chi connectivity index (χ3v) is 6.00. The van der Waals surface area contributed by atoms with E-state index in [1.54, 1.807) is 6.92 Å². The van der Waals surface area contributed by atoms with Gasteiger partial charge in [-0.05, 0) is 61.7 Å². The van der Waals surface area contributed by atoms with Gasteiger partial charge in [-0.15, -0.1) is 0 Å². The standard InChI is InChI=1S/C21H24ClN3O/c1-14(26)19-13-25(11-10-24(19)2)21-18-8-7-17(22)12-16(18)6-5-15-4-3-9-23-20(15)21/h3-4,7-9,12,19,21H,5-6,10-11,13H2,1-2H3/t19-,21-/m1/s1. The molecule has 2 aromatic rings. The Labute approximate surface area is 159 Å². The van der Waals surface area contributed by atoms with E-state index in [-0.39, 0.29) is 17.9 Å². The minimum Gasteiger partial charge on any atom is -0.298 e. The van der Waals surface area contributed by atoms with Crippen LogP contribution in [-0.2, 0) is 17.6 Å². The molecule has 0 amide bonds. The molecule has 0 N–H and O–H groups in total. The number of aryl methyl sites for hydroxylation is 2. The molecule has 1 aromatic carbocycles. The molecular weight excluding hydrogens is 346 g/mol. The van der Waals surface area contributed by atoms with Crippen LogP contribution in [0.1, 0.15) is 35.3 Å². The molecule has 0 spiro atoms. The third kappa shape index (κ3) is 3.18. The molecule has 1 aliphatic carbocycles. The number of benzene rings is 1. The lowest BCUT2D eigenvalue weighted by Gasteiger charge is -2.42. The lowest BCUT2D eigenvalue weighted by atomic mass is 9.95. The number of halogens is 1. The van der Waals surface area contributed by atoms with Gasteiger partial charge in [0.15, 0.2) is 0 Å². The maximum atomic E-state index is 12.1. The van der Waals surface area contributed by atoms with Gasteiger partial charge >= 0.3 is 0 Å². The summed E-state index contributed by atoms with van der Waals surface area (Å²) < 4.78 is 0. The van der Waals surface area contributed by atoms with E-state index in [0.717, 1.165) is 43.2 Å². The second-order valence-electron chi connectivity index (χ2n) is 7.40. The zero-order valence-corrected chi connectivity index (χ0v) is 16.0. The average molecular weight is 370 g/mol. The summed E-state index contributed by atoms with van der Waals surface area (Å²) in [6.07, 6.45) is 3.82. The number of pyridine rings is 1. The summed E-state index contributed by atoms with van der Waals surface area (Å²) in [6, 6.07) is 10.4. The van der Waals surface area contributed by atoms with Crippen molar-refractivity contribution in [2.45, 2.75) is 31.8 Å². The first-order valence-electron chi connectivity index (χ1n) is 9.21. The van der Waals surface area contributed by atoms with E-state index in [1.807, 2.05) is 25.4 Å². The second-order valence-corrected chi connectivity index (χ2v) is 7.83. The highest BCUT2D eigenvalue weighted by Gasteiger charge is 2.36. The summed E-state index contributed by atoms with van der Waals surface area (Å²) in [7, 11) is 2.04. The number of fused-ring (bicyclic) bond motifs is 2. The van der Waals surface area contributed by atoms with Gasteiger partial charge in [-0.1, -0.05) is 23.7 Å². The number of carbonyl (C=O) groups excluding carboxylic acids is 1. The van der Waals surface area contributed by atoms with Gasteiger partial charge in [0.1, 0.15) is 5.78 Å². The predicted molar refractivity (Wildman–Crippen MR) is 104 cm³/mol. The van der Waals surface area contributed by atoms with Gasteiger partial charge in [-0.3, -0.25) is 19.6 Å². The van der Waals surface area contributed by atoms with Crippen LogP contribution in [0.4, 0.5) is 0 Å². The smallest absolute Gasteiger partial charge is 0.148 e. The van der Waals surface area contributed by atoms with E-state index >= 15 is 0 Å². The molecule has 0 radical (unpaired) electrons. The summed E-state index contributed by atoms with van der Waals surface area (Å²) in [6.45, 7) is 4.22. The first-order chi connectivity index (χ1) is 12.5.